The van der Waals surface area contributed by atoms with E-state index in [1.165, 1.54) is 10.4 Å². The highest BCUT2D eigenvalue weighted by Crippen LogP contribution is 2.41. The van der Waals surface area contributed by atoms with Crippen molar-refractivity contribution < 1.29 is 0 Å². The maximum Gasteiger partial charge on any atom is 0.170 e. The predicted molar refractivity (Wildman–Crippen MR) is 102 cm³/mol. The molecule has 0 aliphatic carbocycles. The second-order valence-electron chi connectivity index (χ2n) is 5.76. The molecule has 1 aromatic carbocycles. The van der Waals surface area contributed by atoms with E-state index in [-0.39, 0.29) is 12.1 Å². The summed E-state index contributed by atoms with van der Waals surface area (Å²) >= 11 is 7.43. The number of hydrogen-bond donors (Lipinski definition) is 1. The van der Waals surface area contributed by atoms with E-state index in [4.69, 9.17) is 12.2 Å². The van der Waals surface area contributed by atoms with Crippen molar-refractivity contribution in [3.05, 3.63) is 88.4 Å². The molecule has 3 nitrogen and oxygen atoms in total. The second-order valence-corrected chi connectivity index (χ2v) is 7.12. The molecule has 0 saturated carbocycles. The molecule has 1 aliphatic heterocycles. The van der Waals surface area contributed by atoms with Gasteiger partial charge in [0.15, 0.2) is 5.11 Å². The van der Waals surface area contributed by atoms with Gasteiger partial charge in [-0.2, -0.15) is 0 Å². The van der Waals surface area contributed by atoms with Crippen LogP contribution in [0.25, 0.3) is 0 Å². The first kappa shape index (κ1) is 15.3. The molecule has 1 aliphatic rings. The van der Waals surface area contributed by atoms with E-state index < -0.39 is 0 Å². The molecule has 0 bridgehead atoms. The number of pyridine rings is 1. The molecule has 0 radical (unpaired) electrons. The van der Waals surface area contributed by atoms with E-state index in [2.05, 4.69) is 63.0 Å². The number of thiophene rings is 1. The molecule has 120 valence electrons. The van der Waals surface area contributed by atoms with Crippen molar-refractivity contribution >= 4 is 28.7 Å². The summed E-state index contributed by atoms with van der Waals surface area (Å²) < 4.78 is 0. The Morgan fingerprint density at radius 1 is 1.04 bits per heavy atom. The number of thiocarbonyl (C=S) groups is 1. The first-order valence-corrected chi connectivity index (χ1v) is 9.17. The monoisotopic (exact) mass is 351 g/mol. The Hall–Kier alpha value is -2.24. The van der Waals surface area contributed by atoms with Gasteiger partial charge in [-0.15, -0.1) is 11.3 Å². The maximum absolute atomic E-state index is 5.66. The van der Waals surface area contributed by atoms with Crippen LogP contribution in [0.5, 0.6) is 0 Å². The minimum Gasteiger partial charge on any atom is -0.352 e. The number of benzene rings is 1. The Morgan fingerprint density at radius 2 is 1.88 bits per heavy atom. The molecule has 0 spiro atoms. The van der Waals surface area contributed by atoms with Crippen molar-refractivity contribution in [3.63, 3.8) is 0 Å². The zero-order valence-corrected chi connectivity index (χ0v) is 14.6. The number of nitrogens with zero attached hydrogens (tertiary/aromatic N) is 2. The van der Waals surface area contributed by atoms with Crippen LogP contribution in [0.3, 0.4) is 0 Å². The third kappa shape index (κ3) is 2.92. The summed E-state index contributed by atoms with van der Waals surface area (Å²) in [4.78, 5) is 8.13. The van der Waals surface area contributed by atoms with Crippen molar-refractivity contribution in [3.8, 4) is 0 Å². The summed E-state index contributed by atoms with van der Waals surface area (Å²) in [6, 6.07) is 21.0. The summed E-state index contributed by atoms with van der Waals surface area (Å²) in [5.74, 6) is 0. The van der Waals surface area contributed by atoms with Crippen LogP contribution in [0.2, 0.25) is 0 Å². The van der Waals surface area contributed by atoms with Crippen molar-refractivity contribution in [1.82, 2.24) is 15.2 Å². The van der Waals surface area contributed by atoms with Crippen LogP contribution in [0, 0.1) is 0 Å². The van der Waals surface area contributed by atoms with E-state index in [1.807, 2.05) is 24.4 Å². The fraction of sp³-hybridized carbons (Fsp3) is 0.158. The standard InChI is InChI=1S/C19H17N3S2/c23-19-21-17(15-9-4-5-11-20-15)18(16-10-6-12-24-16)22(19)13-14-7-2-1-3-8-14/h1-12,17-18H,13H2,(H,21,23)/t17-,18-/m0/s1. The second kappa shape index (κ2) is 6.71. The van der Waals surface area contributed by atoms with Gasteiger partial charge < -0.3 is 10.2 Å². The molecule has 0 amide bonds. The third-order valence-electron chi connectivity index (χ3n) is 4.23. The maximum atomic E-state index is 5.66. The fourth-order valence-electron chi connectivity index (χ4n) is 3.12. The SMILES string of the molecule is S=C1N[C@@H](c2ccccn2)[C@H](c2cccs2)N1Cc1ccccc1. The Morgan fingerprint density at radius 3 is 2.58 bits per heavy atom. The van der Waals surface area contributed by atoms with Gasteiger partial charge in [-0.05, 0) is 41.4 Å². The van der Waals surface area contributed by atoms with Gasteiger partial charge >= 0.3 is 0 Å². The molecule has 24 heavy (non-hydrogen) atoms. The minimum atomic E-state index is 0.0704. The lowest BCUT2D eigenvalue weighted by atomic mass is 10.0. The molecular weight excluding hydrogens is 334 g/mol. The van der Waals surface area contributed by atoms with E-state index in [0.717, 1.165) is 17.4 Å². The van der Waals surface area contributed by atoms with Gasteiger partial charge in [0.1, 0.15) is 0 Å². The van der Waals surface area contributed by atoms with Crippen molar-refractivity contribution in [2.45, 2.75) is 18.6 Å². The van der Waals surface area contributed by atoms with E-state index in [9.17, 15) is 0 Å². The van der Waals surface area contributed by atoms with Crippen LogP contribution in [0.15, 0.2) is 72.2 Å². The average Bonchev–Trinajstić information content (AvgIpc) is 3.25. The summed E-state index contributed by atoms with van der Waals surface area (Å²) in [5.41, 5.74) is 2.28. The minimum absolute atomic E-state index is 0.0704. The first-order valence-electron chi connectivity index (χ1n) is 7.88. The van der Waals surface area contributed by atoms with Gasteiger partial charge in [-0.1, -0.05) is 42.5 Å². The van der Waals surface area contributed by atoms with Crippen LogP contribution in [-0.4, -0.2) is 15.0 Å². The lowest BCUT2D eigenvalue weighted by molar-refractivity contribution is 0.315. The van der Waals surface area contributed by atoms with Gasteiger partial charge in [0.25, 0.3) is 0 Å². The average molecular weight is 352 g/mol. The topological polar surface area (TPSA) is 28.2 Å². The van der Waals surface area contributed by atoms with Gasteiger partial charge in [0, 0.05) is 17.6 Å². The lowest BCUT2D eigenvalue weighted by Crippen LogP contribution is -2.28. The molecule has 2 aromatic heterocycles. The van der Waals surface area contributed by atoms with E-state index in [0.29, 0.717) is 0 Å². The summed E-state index contributed by atoms with van der Waals surface area (Å²) in [7, 11) is 0. The lowest BCUT2D eigenvalue weighted by Gasteiger charge is -2.26. The molecule has 1 fully saturated rings. The number of nitrogens with one attached hydrogen (secondary N) is 1. The van der Waals surface area contributed by atoms with E-state index >= 15 is 0 Å². The highest BCUT2D eigenvalue weighted by molar-refractivity contribution is 7.80. The molecule has 0 unspecified atom stereocenters. The largest absolute Gasteiger partial charge is 0.352 e. The summed E-state index contributed by atoms with van der Waals surface area (Å²) in [6.07, 6.45) is 1.84. The Labute approximate surface area is 151 Å². The highest BCUT2D eigenvalue weighted by Gasteiger charge is 2.40. The van der Waals surface area contributed by atoms with Crippen LogP contribution >= 0.6 is 23.6 Å². The van der Waals surface area contributed by atoms with Crippen LogP contribution in [0.4, 0.5) is 0 Å². The van der Waals surface area contributed by atoms with Crippen molar-refractivity contribution in [1.29, 1.82) is 0 Å². The van der Waals surface area contributed by atoms with Crippen LogP contribution in [0.1, 0.15) is 28.2 Å². The summed E-state index contributed by atoms with van der Waals surface area (Å²) in [5, 5.41) is 6.38. The van der Waals surface area contributed by atoms with Gasteiger partial charge in [0.05, 0.1) is 17.8 Å². The van der Waals surface area contributed by atoms with E-state index in [1.54, 1.807) is 11.3 Å². The molecule has 3 heterocycles. The van der Waals surface area contributed by atoms with Crippen LogP contribution < -0.4 is 5.32 Å². The molecule has 1 N–H and O–H groups in total. The molecule has 1 saturated heterocycles. The van der Waals surface area contributed by atoms with Crippen molar-refractivity contribution in [2.75, 3.05) is 0 Å². The zero-order valence-electron chi connectivity index (χ0n) is 13.0. The van der Waals surface area contributed by atoms with Gasteiger partial charge in [0.2, 0.25) is 0 Å². The highest BCUT2D eigenvalue weighted by atomic mass is 32.1. The molecule has 2 atom stereocenters. The molecule has 5 heteroatoms. The summed E-state index contributed by atoms with van der Waals surface area (Å²) in [6.45, 7) is 0.790. The quantitative estimate of drug-likeness (QED) is 0.709. The number of aromatic nitrogens is 1. The van der Waals surface area contributed by atoms with Crippen molar-refractivity contribution in [2.24, 2.45) is 0 Å². The predicted octanol–water partition coefficient (Wildman–Crippen LogP) is 4.32. The Balaban J connectivity index is 1.71. The Bertz CT molecular complexity index is 803. The van der Waals surface area contributed by atoms with Gasteiger partial charge in [-0.25, -0.2) is 0 Å². The number of rotatable bonds is 4. The fourth-order valence-corrected chi connectivity index (χ4v) is 4.30. The first-order chi connectivity index (χ1) is 11.8. The van der Waals surface area contributed by atoms with Crippen LogP contribution in [-0.2, 0) is 6.54 Å². The number of hydrogen-bond acceptors (Lipinski definition) is 3. The Kier molecular flexibility index (Phi) is 4.28. The molecule has 3 aromatic rings. The third-order valence-corrected chi connectivity index (χ3v) is 5.52. The zero-order chi connectivity index (χ0) is 16.4. The normalized spacial score (nSPS) is 20.2. The smallest absolute Gasteiger partial charge is 0.170 e. The van der Waals surface area contributed by atoms with Gasteiger partial charge in [-0.3, -0.25) is 4.98 Å². The molecule has 4 rings (SSSR count). The molecular formula is C19H17N3S2.